The first-order chi connectivity index (χ1) is 9.30. The first kappa shape index (κ1) is 16.6. The molecule has 20 heavy (non-hydrogen) atoms. The lowest BCUT2D eigenvalue weighted by molar-refractivity contribution is -0.116. The monoisotopic (exact) mass is 299 g/mol. The minimum absolute atomic E-state index is 0.112. The van der Waals surface area contributed by atoms with Gasteiger partial charge in [-0.15, -0.1) is 0 Å². The fourth-order valence-corrected chi connectivity index (χ4v) is 2.36. The average molecular weight is 299 g/mol. The van der Waals surface area contributed by atoms with Gasteiger partial charge in [0.25, 0.3) is 0 Å². The van der Waals surface area contributed by atoms with Gasteiger partial charge in [-0.25, -0.2) is 13.1 Å². The number of hydrogen-bond acceptors (Lipinski definition) is 4. The quantitative estimate of drug-likeness (QED) is 0.728. The maximum Gasteiger partial charge on any atom is 0.240 e. The van der Waals surface area contributed by atoms with Crippen LogP contribution in [0.2, 0.25) is 0 Å². The number of amides is 1. The van der Waals surface area contributed by atoms with Crippen molar-refractivity contribution in [3.63, 3.8) is 0 Å². The van der Waals surface area contributed by atoms with E-state index in [1.165, 1.54) is 19.2 Å². The Balaban J connectivity index is 2.96. The Morgan fingerprint density at radius 1 is 1.40 bits per heavy atom. The summed E-state index contributed by atoms with van der Waals surface area (Å²) in [6.07, 6.45) is 0.916. The Kier molecular flexibility index (Phi) is 5.67. The third kappa shape index (κ3) is 4.29. The maximum absolute atomic E-state index is 11.8. The van der Waals surface area contributed by atoms with Gasteiger partial charge in [0.15, 0.2) is 0 Å². The third-order valence-corrected chi connectivity index (χ3v) is 4.45. The highest BCUT2D eigenvalue weighted by molar-refractivity contribution is 7.89. The molecule has 0 fully saturated rings. The van der Waals surface area contributed by atoms with Crippen LogP contribution in [0.5, 0.6) is 0 Å². The van der Waals surface area contributed by atoms with Gasteiger partial charge < -0.3 is 11.1 Å². The molecule has 1 aromatic carbocycles. The van der Waals surface area contributed by atoms with Gasteiger partial charge in [-0.05, 0) is 38.1 Å². The molecule has 0 aliphatic carbocycles. The van der Waals surface area contributed by atoms with Crippen LogP contribution >= 0.6 is 0 Å². The van der Waals surface area contributed by atoms with Crippen molar-refractivity contribution in [2.24, 2.45) is 5.73 Å². The summed E-state index contributed by atoms with van der Waals surface area (Å²) in [5, 5.41) is 2.70. The summed E-state index contributed by atoms with van der Waals surface area (Å²) in [6, 6.07) is 4.39. The van der Waals surface area contributed by atoms with Crippen LogP contribution in [0.25, 0.3) is 0 Å². The van der Waals surface area contributed by atoms with Crippen LogP contribution in [0.15, 0.2) is 23.1 Å². The minimum atomic E-state index is -3.53. The van der Waals surface area contributed by atoms with Crippen molar-refractivity contribution in [1.29, 1.82) is 0 Å². The van der Waals surface area contributed by atoms with Crippen molar-refractivity contribution < 1.29 is 13.2 Å². The summed E-state index contributed by atoms with van der Waals surface area (Å²) in [4.78, 5) is 11.9. The Hall–Kier alpha value is -1.44. The smallest absolute Gasteiger partial charge is 0.240 e. The highest BCUT2D eigenvalue weighted by Gasteiger charge is 2.14. The number of carbonyl (C=O) groups is 1. The lowest BCUT2D eigenvalue weighted by atomic mass is 10.1. The van der Waals surface area contributed by atoms with Gasteiger partial charge in [0.2, 0.25) is 15.9 Å². The van der Waals surface area contributed by atoms with Crippen LogP contribution in [-0.4, -0.2) is 27.4 Å². The predicted molar refractivity (Wildman–Crippen MR) is 78.9 cm³/mol. The van der Waals surface area contributed by atoms with Gasteiger partial charge >= 0.3 is 0 Å². The number of carbonyl (C=O) groups excluding carboxylic acids is 1. The molecule has 0 saturated heterocycles. The molecule has 0 heterocycles. The summed E-state index contributed by atoms with van der Waals surface area (Å²) in [6.45, 7) is 3.70. The summed E-state index contributed by atoms with van der Waals surface area (Å²) in [5.41, 5.74) is 6.99. The molecule has 112 valence electrons. The molecule has 0 radical (unpaired) electrons. The molecule has 0 bridgehead atoms. The zero-order valence-electron chi connectivity index (χ0n) is 11.9. The van der Waals surface area contributed by atoms with Crippen molar-refractivity contribution in [1.82, 2.24) is 4.72 Å². The van der Waals surface area contributed by atoms with Crippen molar-refractivity contribution in [2.75, 3.05) is 12.4 Å². The summed E-state index contributed by atoms with van der Waals surface area (Å²) >= 11 is 0. The number of benzene rings is 1. The summed E-state index contributed by atoms with van der Waals surface area (Å²) in [7, 11) is -2.19. The van der Waals surface area contributed by atoms with Gasteiger partial charge in [-0.1, -0.05) is 13.0 Å². The molecule has 4 N–H and O–H groups in total. The molecule has 1 atom stereocenters. The molecule has 0 saturated carbocycles. The van der Waals surface area contributed by atoms with E-state index in [0.29, 0.717) is 12.1 Å². The molecule has 0 spiro atoms. The molecule has 0 aliphatic rings. The Labute approximate surface area is 119 Å². The van der Waals surface area contributed by atoms with E-state index in [0.717, 1.165) is 5.56 Å². The van der Waals surface area contributed by atoms with E-state index < -0.39 is 10.0 Å². The second-order valence-corrected chi connectivity index (χ2v) is 6.49. The standard InChI is InChI=1S/C13H21N3O3S/c1-4-10(14)7-13(17)16-12-8-11(6-5-9(12)2)20(18,19)15-3/h5-6,8,10,15H,4,7,14H2,1-3H3,(H,16,17). The van der Waals surface area contributed by atoms with Crippen LogP contribution in [0.1, 0.15) is 25.3 Å². The predicted octanol–water partition coefficient (Wildman–Crippen LogP) is 0.969. The number of rotatable bonds is 6. The fraction of sp³-hybridized carbons (Fsp3) is 0.462. The van der Waals surface area contributed by atoms with Crippen molar-refractivity contribution >= 4 is 21.6 Å². The molecular formula is C13H21N3O3S. The topological polar surface area (TPSA) is 101 Å². The molecule has 1 unspecified atom stereocenters. The highest BCUT2D eigenvalue weighted by Crippen LogP contribution is 2.20. The molecule has 1 amide bonds. The second kappa shape index (κ2) is 6.83. The zero-order valence-corrected chi connectivity index (χ0v) is 12.8. The average Bonchev–Trinajstić information content (AvgIpc) is 2.40. The highest BCUT2D eigenvalue weighted by atomic mass is 32.2. The molecule has 6 nitrogen and oxygen atoms in total. The van der Waals surface area contributed by atoms with Gasteiger partial charge in [0, 0.05) is 18.2 Å². The SMILES string of the molecule is CCC(N)CC(=O)Nc1cc(S(=O)(=O)NC)ccc1C. The minimum Gasteiger partial charge on any atom is -0.327 e. The zero-order chi connectivity index (χ0) is 15.3. The van der Waals surface area contributed by atoms with E-state index >= 15 is 0 Å². The molecular weight excluding hydrogens is 278 g/mol. The molecule has 1 rings (SSSR count). The van der Waals surface area contributed by atoms with E-state index in [4.69, 9.17) is 5.73 Å². The second-order valence-electron chi connectivity index (χ2n) is 4.60. The van der Waals surface area contributed by atoms with E-state index in [-0.39, 0.29) is 23.3 Å². The summed E-state index contributed by atoms with van der Waals surface area (Å²) < 4.78 is 25.7. The number of hydrogen-bond donors (Lipinski definition) is 3. The largest absolute Gasteiger partial charge is 0.327 e. The van der Waals surface area contributed by atoms with Gasteiger partial charge in [0.1, 0.15) is 0 Å². The molecule has 0 aromatic heterocycles. The summed E-state index contributed by atoms with van der Waals surface area (Å²) in [5.74, 6) is -0.221. The Morgan fingerprint density at radius 2 is 2.05 bits per heavy atom. The Morgan fingerprint density at radius 3 is 2.60 bits per heavy atom. The number of anilines is 1. The van der Waals surface area contributed by atoms with E-state index in [9.17, 15) is 13.2 Å². The van der Waals surface area contributed by atoms with Crippen LogP contribution in [0.4, 0.5) is 5.69 Å². The number of sulfonamides is 1. The van der Waals surface area contributed by atoms with E-state index in [1.54, 1.807) is 13.0 Å². The normalized spacial score (nSPS) is 13.0. The first-order valence-corrected chi connectivity index (χ1v) is 7.88. The van der Waals surface area contributed by atoms with Crippen LogP contribution in [-0.2, 0) is 14.8 Å². The molecule has 7 heteroatoms. The molecule has 0 aliphatic heterocycles. The van der Waals surface area contributed by atoms with E-state index in [2.05, 4.69) is 10.0 Å². The van der Waals surface area contributed by atoms with Crippen LogP contribution in [0.3, 0.4) is 0 Å². The van der Waals surface area contributed by atoms with Crippen molar-refractivity contribution in [2.45, 2.75) is 37.6 Å². The number of nitrogens with two attached hydrogens (primary N) is 1. The fourth-order valence-electron chi connectivity index (χ4n) is 1.60. The van der Waals surface area contributed by atoms with Crippen molar-refractivity contribution in [3.8, 4) is 0 Å². The van der Waals surface area contributed by atoms with Gasteiger partial charge in [-0.2, -0.15) is 0 Å². The number of aryl methyl sites for hydroxylation is 1. The van der Waals surface area contributed by atoms with Gasteiger partial charge in [-0.3, -0.25) is 4.79 Å². The lowest BCUT2D eigenvalue weighted by Crippen LogP contribution is -2.26. The Bertz CT molecular complexity index is 585. The van der Waals surface area contributed by atoms with E-state index in [1.807, 2.05) is 6.92 Å². The first-order valence-electron chi connectivity index (χ1n) is 6.39. The third-order valence-electron chi connectivity index (χ3n) is 3.03. The van der Waals surface area contributed by atoms with Crippen molar-refractivity contribution in [3.05, 3.63) is 23.8 Å². The van der Waals surface area contributed by atoms with Crippen LogP contribution in [0, 0.1) is 6.92 Å². The van der Waals surface area contributed by atoms with Gasteiger partial charge in [0.05, 0.1) is 4.90 Å². The molecule has 1 aromatic rings. The number of nitrogens with one attached hydrogen (secondary N) is 2. The lowest BCUT2D eigenvalue weighted by Gasteiger charge is -2.12. The maximum atomic E-state index is 11.8. The van der Waals surface area contributed by atoms with Crippen LogP contribution < -0.4 is 15.8 Å².